The van der Waals surface area contributed by atoms with Gasteiger partial charge >= 0.3 is 0 Å². The Kier molecular flexibility index (Phi) is 4.04. The lowest BCUT2D eigenvalue weighted by Gasteiger charge is -2.22. The zero-order valence-electron chi connectivity index (χ0n) is 12.2. The van der Waals surface area contributed by atoms with E-state index in [1.807, 2.05) is 51.1 Å². The summed E-state index contributed by atoms with van der Waals surface area (Å²) in [4.78, 5) is 16.8. The first-order chi connectivity index (χ1) is 9.43. The van der Waals surface area contributed by atoms with Gasteiger partial charge in [-0.15, -0.1) is 0 Å². The Labute approximate surface area is 119 Å². The molecule has 0 spiro atoms. The Morgan fingerprint density at radius 2 is 2.05 bits per heavy atom. The van der Waals surface area contributed by atoms with E-state index in [9.17, 15) is 4.79 Å². The normalized spacial score (nSPS) is 11.6. The second-order valence-electron chi connectivity index (χ2n) is 5.88. The minimum Gasteiger partial charge on any atom is -0.351 e. The van der Waals surface area contributed by atoms with Crippen molar-refractivity contribution in [3.8, 4) is 0 Å². The van der Waals surface area contributed by atoms with E-state index in [2.05, 4.69) is 10.3 Å². The molecule has 1 heterocycles. The van der Waals surface area contributed by atoms with Crippen molar-refractivity contribution in [3.05, 3.63) is 41.6 Å². The van der Waals surface area contributed by atoms with E-state index in [1.54, 1.807) is 0 Å². The van der Waals surface area contributed by atoms with E-state index < -0.39 is 0 Å². The molecule has 0 atom stereocenters. The molecule has 0 aliphatic heterocycles. The van der Waals surface area contributed by atoms with Crippen molar-refractivity contribution in [2.45, 2.75) is 20.8 Å². The number of pyridine rings is 1. The third kappa shape index (κ3) is 3.14. The first kappa shape index (κ1) is 14.5. The van der Waals surface area contributed by atoms with Crippen LogP contribution in [0.2, 0.25) is 0 Å². The number of carbonyl (C=O) groups is 1. The van der Waals surface area contributed by atoms with E-state index in [4.69, 9.17) is 5.73 Å². The standard InChI is InChI=1S/C16H21N3O/c1-11-8-13(12-6-4-5-7-14(12)19-11)15(20)18-10-16(2,3)9-17/h4-8H,9-10,17H2,1-3H3,(H,18,20). The van der Waals surface area contributed by atoms with Gasteiger partial charge in [0, 0.05) is 17.6 Å². The highest BCUT2D eigenvalue weighted by Crippen LogP contribution is 2.18. The number of carbonyl (C=O) groups excluding carboxylic acids is 1. The highest BCUT2D eigenvalue weighted by molar-refractivity contribution is 6.06. The highest BCUT2D eigenvalue weighted by Gasteiger charge is 2.18. The van der Waals surface area contributed by atoms with E-state index in [0.29, 0.717) is 18.7 Å². The predicted molar refractivity (Wildman–Crippen MR) is 81.6 cm³/mol. The van der Waals surface area contributed by atoms with Crippen molar-refractivity contribution in [1.82, 2.24) is 10.3 Å². The second kappa shape index (κ2) is 5.59. The lowest BCUT2D eigenvalue weighted by atomic mass is 9.94. The van der Waals surface area contributed by atoms with Gasteiger partial charge in [-0.2, -0.15) is 0 Å². The molecule has 3 N–H and O–H groups in total. The third-order valence-corrected chi connectivity index (χ3v) is 3.37. The summed E-state index contributed by atoms with van der Waals surface area (Å²) < 4.78 is 0. The van der Waals surface area contributed by atoms with Crippen LogP contribution in [0.4, 0.5) is 0 Å². The van der Waals surface area contributed by atoms with Gasteiger partial charge in [0.25, 0.3) is 5.91 Å². The van der Waals surface area contributed by atoms with Crippen LogP contribution < -0.4 is 11.1 Å². The Balaban J connectivity index is 2.30. The fourth-order valence-electron chi connectivity index (χ4n) is 1.98. The van der Waals surface area contributed by atoms with Crippen LogP contribution in [-0.4, -0.2) is 24.0 Å². The number of benzene rings is 1. The fourth-order valence-corrected chi connectivity index (χ4v) is 1.98. The van der Waals surface area contributed by atoms with E-state index in [-0.39, 0.29) is 11.3 Å². The number of fused-ring (bicyclic) bond motifs is 1. The number of amides is 1. The molecule has 2 aromatic rings. The summed E-state index contributed by atoms with van der Waals surface area (Å²) in [5.74, 6) is -0.0757. The van der Waals surface area contributed by atoms with Crippen molar-refractivity contribution in [1.29, 1.82) is 0 Å². The maximum atomic E-state index is 12.4. The summed E-state index contributed by atoms with van der Waals surface area (Å²) in [5.41, 5.74) is 7.93. The minimum absolute atomic E-state index is 0.0757. The molecule has 1 aromatic carbocycles. The van der Waals surface area contributed by atoms with Crippen LogP contribution in [0.1, 0.15) is 29.9 Å². The molecule has 0 fully saturated rings. The van der Waals surface area contributed by atoms with Crippen LogP contribution in [0.15, 0.2) is 30.3 Å². The van der Waals surface area contributed by atoms with Gasteiger partial charge in [0.1, 0.15) is 0 Å². The first-order valence-corrected chi connectivity index (χ1v) is 6.77. The molecule has 0 aliphatic carbocycles. The maximum Gasteiger partial charge on any atom is 0.252 e. The van der Waals surface area contributed by atoms with Crippen LogP contribution in [0.25, 0.3) is 10.9 Å². The minimum atomic E-state index is -0.104. The van der Waals surface area contributed by atoms with Crippen LogP contribution in [0.3, 0.4) is 0 Å². The van der Waals surface area contributed by atoms with Crippen molar-refractivity contribution in [2.24, 2.45) is 11.1 Å². The average Bonchev–Trinajstić information content (AvgIpc) is 2.44. The Hall–Kier alpha value is -1.94. The number of para-hydroxylation sites is 1. The van der Waals surface area contributed by atoms with E-state index in [1.165, 1.54) is 0 Å². The van der Waals surface area contributed by atoms with Crippen molar-refractivity contribution in [3.63, 3.8) is 0 Å². The summed E-state index contributed by atoms with van der Waals surface area (Å²) in [5, 5.41) is 3.84. The molecule has 0 radical (unpaired) electrons. The van der Waals surface area contributed by atoms with Gasteiger partial charge < -0.3 is 11.1 Å². The topological polar surface area (TPSA) is 68.0 Å². The Morgan fingerprint density at radius 3 is 2.75 bits per heavy atom. The van der Waals surface area contributed by atoms with Gasteiger partial charge in [-0.3, -0.25) is 9.78 Å². The van der Waals surface area contributed by atoms with Gasteiger partial charge in [0.05, 0.1) is 11.1 Å². The second-order valence-corrected chi connectivity index (χ2v) is 5.88. The molecule has 4 heteroatoms. The molecular weight excluding hydrogens is 250 g/mol. The number of nitrogens with one attached hydrogen (secondary N) is 1. The van der Waals surface area contributed by atoms with Gasteiger partial charge in [0.15, 0.2) is 0 Å². The smallest absolute Gasteiger partial charge is 0.252 e. The molecule has 2 rings (SSSR count). The number of nitrogens with two attached hydrogens (primary N) is 1. The monoisotopic (exact) mass is 271 g/mol. The number of aromatic nitrogens is 1. The molecule has 0 saturated carbocycles. The molecule has 1 aromatic heterocycles. The SMILES string of the molecule is Cc1cc(C(=O)NCC(C)(C)CN)c2ccccc2n1. The molecule has 0 bridgehead atoms. The molecule has 1 amide bonds. The molecule has 0 unspecified atom stereocenters. The van der Waals surface area contributed by atoms with Crippen molar-refractivity contribution < 1.29 is 4.79 Å². The molecule has 4 nitrogen and oxygen atoms in total. The van der Waals surface area contributed by atoms with Gasteiger partial charge in [-0.05, 0) is 31.0 Å². The number of aryl methyl sites for hydroxylation is 1. The molecule has 20 heavy (non-hydrogen) atoms. The quantitative estimate of drug-likeness (QED) is 0.896. The first-order valence-electron chi connectivity index (χ1n) is 6.77. The highest BCUT2D eigenvalue weighted by atomic mass is 16.1. The van der Waals surface area contributed by atoms with Crippen LogP contribution in [-0.2, 0) is 0 Å². The number of nitrogens with zero attached hydrogens (tertiary/aromatic N) is 1. The summed E-state index contributed by atoms with van der Waals surface area (Å²) in [6, 6.07) is 9.51. The number of rotatable bonds is 4. The predicted octanol–water partition coefficient (Wildman–Crippen LogP) is 2.26. The number of hydrogen-bond donors (Lipinski definition) is 2. The lowest BCUT2D eigenvalue weighted by Crippen LogP contribution is -2.38. The largest absolute Gasteiger partial charge is 0.351 e. The summed E-state index contributed by atoms with van der Waals surface area (Å²) >= 11 is 0. The van der Waals surface area contributed by atoms with E-state index in [0.717, 1.165) is 16.6 Å². The molecule has 0 saturated heterocycles. The van der Waals surface area contributed by atoms with Crippen molar-refractivity contribution >= 4 is 16.8 Å². The van der Waals surface area contributed by atoms with Crippen molar-refractivity contribution in [2.75, 3.05) is 13.1 Å². The molecule has 106 valence electrons. The third-order valence-electron chi connectivity index (χ3n) is 3.37. The van der Waals surface area contributed by atoms with Gasteiger partial charge in [-0.1, -0.05) is 32.0 Å². The summed E-state index contributed by atoms with van der Waals surface area (Å²) in [6.07, 6.45) is 0. The summed E-state index contributed by atoms with van der Waals surface area (Å²) in [7, 11) is 0. The van der Waals surface area contributed by atoms with Crippen LogP contribution in [0.5, 0.6) is 0 Å². The van der Waals surface area contributed by atoms with Crippen LogP contribution >= 0.6 is 0 Å². The average molecular weight is 271 g/mol. The Bertz CT molecular complexity index is 635. The molecule has 0 aliphatic rings. The lowest BCUT2D eigenvalue weighted by molar-refractivity contribution is 0.0939. The zero-order chi connectivity index (χ0) is 14.8. The maximum absolute atomic E-state index is 12.4. The fraction of sp³-hybridized carbons (Fsp3) is 0.375. The van der Waals surface area contributed by atoms with Gasteiger partial charge in [-0.25, -0.2) is 0 Å². The Morgan fingerprint density at radius 1 is 1.35 bits per heavy atom. The zero-order valence-corrected chi connectivity index (χ0v) is 12.2. The molecular formula is C16H21N3O. The van der Waals surface area contributed by atoms with E-state index >= 15 is 0 Å². The van der Waals surface area contributed by atoms with Gasteiger partial charge in [0.2, 0.25) is 0 Å². The van der Waals surface area contributed by atoms with Crippen LogP contribution in [0, 0.1) is 12.3 Å². The number of hydrogen-bond acceptors (Lipinski definition) is 3. The summed E-state index contributed by atoms with van der Waals surface area (Å²) in [6.45, 7) is 7.04.